The van der Waals surface area contributed by atoms with E-state index in [4.69, 9.17) is 10.9 Å². The molecule has 1 aromatic rings. The summed E-state index contributed by atoms with van der Waals surface area (Å²) in [6.07, 6.45) is 0. The smallest absolute Gasteiger partial charge is 0.153 e. The van der Waals surface area contributed by atoms with Crippen LogP contribution in [0.5, 0.6) is 0 Å². The SMILES string of the molecule is Cc1csc(CN(C)CC(N)=NO)n1. The van der Waals surface area contributed by atoms with Gasteiger partial charge in [0.15, 0.2) is 5.84 Å². The predicted octanol–water partition coefficient (Wildman–Crippen LogP) is 0.630. The van der Waals surface area contributed by atoms with E-state index in [2.05, 4.69) is 10.1 Å². The molecule has 0 amide bonds. The predicted molar refractivity (Wildman–Crippen MR) is 56.6 cm³/mol. The highest BCUT2D eigenvalue weighted by Crippen LogP contribution is 2.10. The van der Waals surface area contributed by atoms with Crippen LogP contribution < -0.4 is 5.73 Å². The van der Waals surface area contributed by atoms with Gasteiger partial charge in [0.25, 0.3) is 0 Å². The average molecular weight is 214 g/mol. The number of aryl methyl sites for hydroxylation is 1. The van der Waals surface area contributed by atoms with E-state index in [0.717, 1.165) is 10.7 Å². The summed E-state index contributed by atoms with van der Waals surface area (Å²) in [5.74, 6) is 0.209. The average Bonchev–Trinajstić information content (AvgIpc) is 2.50. The van der Waals surface area contributed by atoms with Gasteiger partial charge in [0.2, 0.25) is 0 Å². The van der Waals surface area contributed by atoms with Crippen LogP contribution in [-0.2, 0) is 6.54 Å². The van der Waals surface area contributed by atoms with Gasteiger partial charge >= 0.3 is 0 Å². The highest BCUT2D eigenvalue weighted by Gasteiger charge is 2.05. The molecule has 0 spiro atoms. The van der Waals surface area contributed by atoms with Gasteiger partial charge in [-0.25, -0.2) is 4.98 Å². The van der Waals surface area contributed by atoms with Gasteiger partial charge in [-0.2, -0.15) is 0 Å². The lowest BCUT2D eigenvalue weighted by Crippen LogP contribution is -2.30. The molecule has 1 rings (SSSR count). The van der Waals surface area contributed by atoms with Crippen LogP contribution >= 0.6 is 11.3 Å². The summed E-state index contributed by atoms with van der Waals surface area (Å²) in [6.45, 7) is 3.12. The number of thiazole rings is 1. The van der Waals surface area contributed by atoms with E-state index in [1.54, 1.807) is 11.3 Å². The van der Waals surface area contributed by atoms with Gasteiger partial charge in [0, 0.05) is 11.1 Å². The minimum Gasteiger partial charge on any atom is -0.409 e. The molecule has 0 atom stereocenters. The highest BCUT2D eigenvalue weighted by atomic mass is 32.1. The summed E-state index contributed by atoms with van der Waals surface area (Å²) in [5.41, 5.74) is 6.40. The molecule has 0 aliphatic carbocycles. The summed E-state index contributed by atoms with van der Waals surface area (Å²) in [7, 11) is 1.90. The molecule has 0 aliphatic rings. The second-order valence-corrected chi connectivity index (χ2v) is 4.09. The fourth-order valence-electron chi connectivity index (χ4n) is 1.07. The van der Waals surface area contributed by atoms with Crippen molar-refractivity contribution < 1.29 is 5.21 Å². The number of rotatable bonds is 4. The number of nitrogens with two attached hydrogens (primary N) is 1. The Labute approximate surface area is 86.9 Å². The molecule has 5 nitrogen and oxygen atoms in total. The first-order chi connectivity index (χ1) is 6.61. The Bertz CT molecular complexity index is 323. The lowest BCUT2D eigenvalue weighted by Gasteiger charge is -2.13. The van der Waals surface area contributed by atoms with Crippen molar-refractivity contribution in [3.63, 3.8) is 0 Å². The van der Waals surface area contributed by atoms with Crippen LogP contribution in [0.1, 0.15) is 10.7 Å². The number of likely N-dealkylation sites (N-methyl/N-ethyl adjacent to an activating group) is 1. The maximum absolute atomic E-state index is 8.38. The van der Waals surface area contributed by atoms with Crippen LogP contribution in [0.3, 0.4) is 0 Å². The van der Waals surface area contributed by atoms with E-state index in [9.17, 15) is 0 Å². The van der Waals surface area contributed by atoms with Crippen molar-refractivity contribution in [1.82, 2.24) is 9.88 Å². The molecule has 0 aliphatic heterocycles. The summed E-state index contributed by atoms with van der Waals surface area (Å²) >= 11 is 1.62. The van der Waals surface area contributed by atoms with E-state index >= 15 is 0 Å². The molecule has 0 radical (unpaired) electrons. The zero-order chi connectivity index (χ0) is 10.6. The monoisotopic (exact) mass is 214 g/mol. The summed E-state index contributed by atoms with van der Waals surface area (Å²) < 4.78 is 0. The van der Waals surface area contributed by atoms with Crippen LogP contribution in [0.4, 0.5) is 0 Å². The van der Waals surface area contributed by atoms with Gasteiger partial charge < -0.3 is 10.9 Å². The first-order valence-electron chi connectivity index (χ1n) is 4.17. The summed E-state index contributed by atoms with van der Waals surface area (Å²) in [5, 5.41) is 14.3. The van der Waals surface area contributed by atoms with Crippen LogP contribution in [0.25, 0.3) is 0 Å². The highest BCUT2D eigenvalue weighted by molar-refractivity contribution is 7.09. The number of amidine groups is 1. The Morgan fingerprint density at radius 3 is 3.00 bits per heavy atom. The molecule has 78 valence electrons. The lowest BCUT2D eigenvalue weighted by molar-refractivity contribution is 0.308. The van der Waals surface area contributed by atoms with Gasteiger partial charge in [-0.15, -0.1) is 11.3 Å². The first-order valence-corrected chi connectivity index (χ1v) is 5.05. The van der Waals surface area contributed by atoms with E-state index in [-0.39, 0.29) is 5.84 Å². The second kappa shape index (κ2) is 4.92. The molecule has 0 saturated carbocycles. The van der Waals surface area contributed by atoms with E-state index in [1.165, 1.54) is 0 Å². The molecule has 1 heterocycles. The van der Waals surface area contributed by atoms with Crippen molar-refractivity contribution in [3.8, 4) is 0 Å². The standard InChI is InChI=1S/C8H14N4OS/c1-6-5-14-8(10-6)4-12(2)3-7(9)11-13/h5,13H,3-4H2,1-2H3,(H2,9,11). The van der Waals surface area contributed by atoms with Crippen molar-refractivity contribution in [1.29, 1.82) is 0 Å². The van der Waals surface area contributed by atoms with Crippen LogP contribution in [0.15, 0.2) is 10.5 Å². The minimum absolute atomic E-state index is 0.209. The van der Waals surface area contributed by atoms with Crippen molar-refractivity contribution in [2.45, 2.75) is 13.5 Å². The third kappa shape index (κ3) is 3.31. The van der Waals surface area contributed by atoms with Crippen LogP contribution in [-0.4, -0.2) is 34.5 Å². The normalized spacial score (nSPS) is 12.4. The molecule has 0 bridgehead atoms. The number of hydrogen-bond donors (Lipinski definition) is 2. The second-order valence-electron chi connectivity index (χ2n) is 3.15. The van der Waals surface area contributed by atoms with Gasteiger partial charge in [0.05, 0.1) is 13.1 Å². The zero-order valence-corrected chi connectivity index (χ0v) is 9.08. The molecule has 1 aromatic heterocycles. The fourth-order valence-corrected chi connectivity index (χ4v) is 1.92. The molecule has 14 heavy (non-hydrogen) atoms. The molecule has 3 N–H and O–H groups in total. The Hall–Kier alpha value is -1.14. The summed E-state index contributed by atoms with van der Waals surface area (Å²) in [6, 6.07) is 0. The molecular weight excluding hydrogens is 200 g/mol. The lowest BCUT2D eigenvalue weighted by atomic mass is 10.5. The Morgan fingerprint density at radius 2 is 2.50 bits per heavy atom. The number of aromatic nitrogens is 1. The van der Waals surface area contributed by atoms with Gasteiger partial charge in [-0.05, 0) is 14.0 Å². The number of oxime groups is 1. The summed E-state index contributed by atoms with van der Waals surface area (Å²) in [4.78, 5) is 6.26. The Balaban J connectivity index is 2.45. The van der Waals surface area contributed by atoms with Crippen molar-refractivity contribution in [2.24, 2.45) is 10.9 Å². The van der Waals surface area contributed by atoms with Gasteiger partial charge in [0.1, 0.15) is 5.01 Å². The quantitative estimate of drug-likeness (QED) is 0.333. The third-order valence-corrected chi connectivity index (χ3v) is 2.58. The molecule has 0 fully saturated rings. The van der Waals surface area contributed by atoms with E-state index in [1.807, 2.05) is 24.3 Å². The Morgan fingerprint density at radius 1 is 1.79 bits per heavy atom. The van der Waals surface area contributed by atoms with Crippen molar-refractivity contribution >= 4 is 17.2 Å². The number of nitrogens with zero attached hydrogens (tertiary/aromatic N) is 3. The van der Waals surface area contributed by atoms with Crippen LogP contribution in [0.2, 0.25) is 0 Å². The molecule has 0 unspecified atom stereocenters. The van der Waals surface area contributed by atoms with Crippen LogP contribution in [0, 0.1) is 6.92 Å². The third-order valence-electron chi connectivity index (χ3n) is 1.63. The largest absolute Gasteiger partial charge is 0.409 e. The molecular formula is C8H14N4OS. The Kier molecular flexibility index (Phi) is 3.84. The maximum atomic E-state index is 8.38. The fraction of sp³-hybridized carbons (Fsp3) is 0.500. The van der Waals surface area contributed by atoms with E-state index < -0.39 is 0 Å². The zero-order valence-electron chi connectivity index (χ0n) is 8.27. The molecule has 6 heteroatoms. The van der Waals surface area contributed by atoms with Gasteiger partial charge in [-0.3, -0.25) is 4.90 Å². The first kappa shape index (κ1) is 10.9. The topological polar surface area (TPSA) is 74.7 Å². The molecule has 0 aromatic carbocycles. The van der Waals surface area contributed by atoms with Gasteiger partial charge in [-0.1, -0.05) is 5.16 Å². The maximum Gasteiger partial charge on any atom is 0.153 e. The molecule has 0 saturated heterocycles. The van der Waals surface area contributed by atoms with Crippen molar-refractivity contribution in [3.05, 3.63) is 16.1 Å². The minimum atomic E-state index is 0.209. The number of hydrogen-bond acceptors (Lipinski definition) is 5. The van der Waals surface area contributed by atoms with E-state index in [0.29, 0.717) is 13.1 Å². The van der Waals surface area contributed by atoms with Crippen molar-refractivity contribution in [2.75, 3.05) is 13.6 Å².